The predicted molar refractivity (Wildman–Crippen MR) is 73.1 cm³/mol. The Kier molecular flexibility index (Phi) is 4.09. The van der Waals surface area contributed by atoms with Crippen LogP contribution in [0.2, 0.25) is 0 Å². The molecule has 0 unspecified atom stereocenters. The molecule has 0 aliphatic carbocycles. The topological polar surface area (TPSA) is 143 Å². The number of nitro benzene ring substituents is 1. The van der Waals surface area contributed by atoms with E-state index in [-0.39, 0.29) is 29.4 Å². The molecule has 10 heteroatoms. The highest BCUT2D eigenvalue weighted by atomic mass is 16.6. The normalized spacial score (nSPS) is 10.2. The number of aromatic amines is 1. The highest BCUT2D eigenvalue weighted by Crippen LogP contribution is 2.25. The summed E-state index contributed by atoms with van der Waals surface area (Å²) in [7, 11) is 1.56. The van der Waals surface area contributed by atoms with Crippen LogP contribution in [0.4, 0.5) is 11.4 Å². The lowest BCUT2D eigenvalue weighted by atomic mass is 10.1. The van der Waals surface area contributed by atoms with Crippen molar-refractivity contribution in [2.45, 2.75) is 6.54 Å². The molecule has 1 heterocycles. The van der Waals surface area contributed by atoms with Crippen molar-refractivity contribution in [3.8, 4) is 0 Å². The van der Waals surface area contributed by atoms with Gasteiger partial charge in [-0.15, -0.1) is 0 Å². The number of nitrogens with zero attached hydrogens (tertiary/aromatic N) is 4. The van der Waals surface area contributed by atoms with Crippen LogP contribution in [0.15, 0.2) is 24.5 Å². The van der Waals surface area contributed by atoms with E-state index >= 15 is 0 Å². The van der Waals surface area contributed by atoms with Gasteiger partial charge >= 0.3 is 0 Å². The number of benzene rings is 1. The van der Waals surface area contributed by atoms with E-state index in [9.17, 15) is 14.9 Å². The Hall–Kier alpha value is -3.01. The number of rotatable bonds is 5. The average molecular weight is 291 g/mol. The number of nitrogens with one attached hydrogen (secondary N) is 2. The summed E-state index contributed by atoms with van der Waals surface area (Å²) in [5.74, 6) is 5.33. The molecular formula is C11H13N7O3. The lowest BCUT2D eigenvalue weighted by Gasteiger charge is -2.15. The molecule has 21 heavy (non-hydrogen) atoms. The fraction of sp³-hybridized carbons (Fsp3) is 0.182. The van der Waals surface area contributed by atoms with Crippen LogP contribution in [0.5, 0.6) is 0 Å². The van der Waals surface area contributed by atoms with Crippen molar-refractivity contribution in [3.05, 3.63) is 46.0 Å². The Morgan fingerprint density at radius 2 is 2.33 bits per heavy atom. The van der Waals surface area contributed by atoms with Gasteiger partial charge in [0.1, 0.15) is 17.8 Å². The standard InChI is InChI=1S/C11H13N7O3/c1-17(5-10-13-6-14-16-10)11(19)7-2-3-8(15-12)9(4-7)18(20)21/h2-4,6,15H,5,12H2,1H3,(H,13,14,16). The number of carbonyl (C=O) groups is 1. The first-order valence-electron chi connectivity index (χ1n) is 5.87. The molecule has 2 rings (SSSR count). The molecule has 0 radical (unpaired) electrons. The zero-order valence-corrected chi connectivity index (χ0v) is 11.1. The molecule has 1 aromatic heterocycles. The molecule has 10 nitrogen and oxygen atoms in total. The van der Waals surface area contributed by atoms with Crippen molar-refractivity contribution in [2.24, 2.45) is 5.84 Å². The number of hydrazine groups is 1. The number of carbonyl (C=O) groups excluding carboxylic acids is 1. The summed E-state index contributed by atoms with van der Waals surface area (Å²) in [5, 5.41) is 17.3. The number of hydrogen-bond donors (Lipinski definition) is 3. The van der Waals surface area contributed by atoms with Gasteiger partial charge in [-0.3, -0.25) is 25.9 Å². The van der Waals surface area contributed by atoms with Gasteiger partial charge in [-0.05, 0) is 12.1 Å². The maximum Gasteiger partial charge on any atom is 0.294 e. The fourth-order valence-electron chi connectivity index (χ4n) is 1.76. The maximum atomic E-state index is 12.2. The van der Waals surface area contributed by atoms with Crippen LogP contribution in [0.3, 0.4) is 0 Å². The molecule has 0 atom stereocenters. The molecule has 0 saturated carbocycles. The van der Waals surface area contributed by atoms with E-state index in [1.54, 1.807) is 7.05 Å². The number of H-pyrrole nitrogens is 1. The lowest BCUT2D eigenvalue weighted by molar-refractivity contribution is -0.384. The third-order valence-corrected chi connectivity index (χ3v) is 2.80. The van der Waals surface area contributed by atoms with Crippen LogP contribution in [0.1, 0.15) is 16.2 Å². The van der Waals surface area contributed by atoms with Gasteiger partial charge < -0.3 is 10.3 Å². The van der Waals surface area contributed by atoms with Crippen LogP contribution in [-0.2, 0) is 6.54 Å². The van der Waals surface area contributed by atoms with E-state index < -0.39 is 4.92 Å². The summed E-state index contributed by atoms with van der Waals surface area (Å²) >= 11 is 0. The van der Waals surface area contributed by atoms with Gasteiger partial charge in [0, 0.05) is 18.7 Å². The fourth-order valence-corrected chi connectivity index (χ4v) is 1.76. The summed E-state index contributed by atoms with van der Waals surface area (Å²) in [5.41, 5.74) is 2.27. The number of anilines is 1. The summed E-state index contributed by atoms with van der Waals surface area (Å²) in [4.78, 5) is 27.8. The number of nitro groups is 1. The second kappa shape index (κ2) is 5.96. The minimum Gasteiger partial charge on any atom is -0.334 e. The minimum absolute atomic E-state index is 0.134. The molecule has 4 N–H and O–H groups in total. The highest BCUT2D eigenvalue weighted by molar-refractivity contribution is 5.95. The van der Waals surface area contributed by atoms with E-state index in [1.165, 1.54) is 29.4 Å². The van der Waals surface area contributed by atoms with Gasteiger partial charge in [0.15, 0.2) is 0 Å². The van der Waals surface area contributed by atoms with Crippen LogP contribution in [0, 0.1) is 10.1 Å². The van der Waals surface area contributed by atoms with Crippen LogP contribution in [0.25, 0.3) is 0 Å². The van der Waals surface area contributed by atoms with Gasteiger partial charge in [-0.2, -0.15) is 5.10 Å². The van der Waals surface area contributed by atoms with E-state index in [4.69, 9.17) is 5.84 Å². The Balaban J connectivity index is 2.22. The Morgan fingerprint density at radius 3 is 2.90 bits per heavy atom. The van der Waals surface area contributed by atoms with E-state index in [2.05, 4.69) is 20.6 Å². The van der Waals surface area contributed by atoms with Gasteiger partial charge in [0.25, 0.3) is 11.6 Å². The first-order valence-corrected chi connectivity index (χ1v) is 5.87. The molecule has 0 aliphatic rings. The smallest absolute Gasteiger partial charge is 0.294 e. The molecule has 1 aromatic carbocycles. The average Bonchev–Trinajstić information content (AvgIpc) is 2.98. The van der Waals surface area contributed by atoms with Crippen molar-refractivity contribution in [3.63, 3.8) is 0 Å². The Labute approximate surface area is 119 Å². The number of nitrogen functional groups attached to an aromatic ring is 1. The summed E-state index contributed by atoms with van der Waals surface area (Å²) in [6.45, 7) is 0.212. The first-order chi connectivity index (χ1) is 10.0. The van der Waals surface area contributed by atoms with Crippen molar-refractivity contribution < 1.29 is 9.72 Å². The Morgan fingerprint density at radius 1 is 1.57 bits per heavy atom. The molecule has 1 amide bonds. The van der Waals surface area contributed by atoms with Gasteiger partial charge in [-0.25, -0.2) is 4.98 Å². The molecule has 2 aromatic rings. The third-order valence-electron chi connectivity index (χ3n) is 2.80. The van der Waals surface area contributed by atoms with E-state index in [0.717, 1.165) is 0 Å². The van der Waals surface area contributed by atoms with Crippen molar-refractivity contribution in [2.75, 3.05) is 12.5 Å². The molecule has 110 valence electrons. The molecule has 0 saturated heterocycles. The number of amides is 1. The van der Waals surface area contributed by atoms with Crippen molar-refractivity contribution in [1.82, 2.24) is 20.1 Å². The third kappa shape index (κ3) is 3.12. The molecule has 0 spiro atoms. The van der Waals surface area contributed by atoms with Crippen molar-refractivity contribution in [1.29, 1.82) is 0 Å². The van der Waals surface area contributed by atoms with Crippen LogP contribution in [-0.4, -0.2) is 38.0 Å². The Bertz CT molecular complexity index is 656. The largest absolute Gasteiger partial charge is 0.334 e. The number of hydrogen-bond acceptors (Lipinski definition) is 7. The lowest BCUT2D eigenvalue weighted by Crippen LogP contribution is -2.27. The second-order valence-corrected chi connectivity index (χ2v) is 4.23. The molecule has 0 fully saturated rings. The van der Waals surface area contributed by atoms with Gasteiger partial charge in [0.2, 0.25) is 0 Å². The number of nitrogens with two attached hydrogens (primary N) is 1. The first kappa shape index (κ1) is 14.4. The van der Waals surface area contributed by atoms with Crippen molar-refractivity contribution >= 4 is 17.3 Å². The highest BCUT2D eigenvalue weighted by Gasteiger charge is 2.19. The monoisotopic (exact) mass is 291 g/mol. The summed E-state index contributed by atoms with van der Waals surface area (Å²) in [6.07, 6.45) is 1.33. The van der Waals surface area contributed by atoms with Gasteiger partial charge in [0.05, 0.1) is 11.5 Å². The maximum absolute atomic E-state index is 12.2. The van der Waals surface area contributed by atoms with Gasteiger partial charge in [-0.1, -0.05) is 0 Å². The molecule has 0 bridgehead atoms. The minimum atomic E-state index is -0.609. The molecule has 0 aliphatic heterocycles. The predicted octanol–water partition coefficient (Wildman–Crippen LogP) is 0.271. The molecular weight excluding hydrogens is 278 g/mol. The van der Waals surface area contributed by atoms with Crippen LogP contribution >= 0.6 is 0 Å². The SMILES string of the molecule is CN(Cc1ncn[nH]1)C(=O)c1ccc(NN)c([N+](=O)[O-])c1. The summed E-state index contributed by atoms with van der Waals surface area (Å²) in [6, 6.07) is 4.02. The van der Waals surface area contributed by atoms with E-state index in [0.29, 0.717) is 5.82 Å². The number of aromatic nitrogens is 3. The van der Waals surface area contributed by atoms with E-state index in [1.807, 2.05) is 0 Å². The quantitative estimate of drug-likeness (QED) is 0.407. The zero-order valence-electron chi connectivity index (χ0n) is 11.1. The second-order valence-electron chi connectivity index (χ2n) is 4.23. The summed E-state index contributed by atoms with van der Waals surface area (Å²) < 4.78 is 0. The van der Waals surface area contributed by atoms with Crippen LogP contribution < -0.4 is 11.3 Å². The zero-order chi connectivity index (χ0) is 15.4.